The Hall–Kier alpha value is -2.58. The van der Waals surface area contributed by atoms with E-state index in [4.69, 9.17) is 0 Å². The number of hydrogen-bond donors (Lipinski definition) is 1. The van der Waals surface area contributed by atoms with Crippen LogP contribution in [0.15, 0.2) is 53.5 Å². The Labute approximate surface area is 185 Å². The summed E-state index contributed by atoms with van der Waals surface area (Å²) in [6.07, 6.45) is 4.84. The van der Waals surface area contributed by atoms with Crippen molar-refractivity contribution in [1.29, 1.82) is 0 Å². The molecule has 8 heteroatoms. The van der Waals surface area contributed by atoms with E-state index in [0.717, 1.165) is 37.2 Å². The van der Waals surface area contributed by atoms with Gasteiger partial charge in [0.15, 0.2) is 5.65 Å². The molecule has 31 heavy (non-hydrogen) atoms. The van der Waals surface area contributed by atoms with Crippen LogP contribution in [0.1, 0.15) is 24.8 Å². The Kier molecular flexibility index (Phi) is 5.82. The number of pyridine rings is 1. The smallest absolute Gasteiger partial charge is 0.326 e. The van der Waals surface area contributed by atoms with E-state index in [0.29, 0.717) is 18.2 Å². The van der Waals surface area contributed by atoms with Gasteiger partial charge in [0.25, 0.3) is 0 Å². The number of aromatic nitrogens is 3. The zero-order valence-electron chi connectivity index (χ0n) is 17.4. The number of likely N-dealkylation sites (tertiary alicyclic amines) is 1. The van der Waals surface area contributed by atoms with Crippen molar-refractivity contribution in [3.05, 3.63) is 64.7 Å². The van der Waals surface area contributed by atoms with Crippen LogP contribution >= 0.6 is 11.8 Å². The molecule has 2 aliphatic heterocycles. The normalized spacial score (nSPS) is 20.3. The number of hydrogen-bond acceptors (Lipinski definition) is 5. The molecule has 2 saturated heterocycles. The highest BCUT2D eigenvalue weighted by molar-refractivity contribution is 7.99. The lowest BCUT2D eigenvalue weighted by Crippen LogP contribution is -2.43. The molecule has 1 aromatic carbocycles. The van der Waals surface area contributed by atoms with Gasteiger partial charge in [0.05, 0.1) is 6.54 Å². The molecular weight excluding hydrogens is 410 g/mol. The number of piperidine rings is 1. The number of benzene rings is 1. The minimum absolute atomic E-state index is 0.0648. The fraction of sp³-hybridized carbons (Fsp3) is 0.435. The SMILES string of the molecule is O=C(Nc1cccc(Cn2nc3ccccn3c2=O)c1)C1CCN(C2CCSC2)CC1. The molecule has 2 aliphatic rings. The molecule has 4 heterocycles. The van der Waals surface area contributed by atoms with Crippen LogP contribution in [-0.4, -0.2) is 55.6 Å². The van der Waals surface area contributed by atoms with Gasteiger partial charge in [-0.25, -0.2) is 9.48 Å². The van der Waals surface area contributed by atoms with Crippen LogP contribution in [0.3, 0.4) is 0 Å². The third-order valence-electron chi connectivity index (χ3n) is 6.34. The van der Waals surface area contributed by atoms with Crippen molar-refractivity contribution >= 4 is 29.0 Å². The average molecular weight is 438 g/mol. The van der Waals surface area contributed by atoms with Gasteiger partial charge in [-0.05, 0) is 67.9 Å². The quantitative estimate of drug-likeness (QED) is 0.665. The summed E-state index contributed by atoms with van der Waals surface area (Å²) in [7, 11) is 0. The number of fused-ring (bicyclic) bond motifs is 1. The predicted octanol–water partition coefficient (Wildman–Crippen LogP) is 2.70. The molecule has 3 aromatic rings. The lowest BCUT2D eigenvalue weighted by Gasteiger charge is -2.35. The Bertz CT molecular complexity index is 1130. The lowest BCUT2D eigenvalue weighted by molar-refractivity contribution is -0.121. The zero-order chi connectivity index (χ0) is 21.2. The minimum Gasteiger partial charge on any atom is -0.326 e. The number of carbonyl (C=O) groups is 1. The van der Waals surface area contributed by atoms with Crippen LogP contribution in [0, 0.1) is 5.92 Å². The maximum Gasteiger partial charge on any atom is 0.350 e. The maximum atomic E-state index is 12.8. The van der Waals surface area contributed by atoms with Gasteiger partial charge < -0.3 is 5.32 Å². The van der Waals surface area contributed by atoms with E-state index in [1.165, 1.54) is 27.0 Å². The Morgan fingerprint density at radius 3 is 2.77 bits per heavy atom. The van der Waals surface area contributed by atoms with Gasteiger partial charge in [-0.3, -0.25) is 14.1 Å². The van der Waals surface area contributed by atoms with Gasteiger partial charge in [-0.1, -0.05) is 18.2 Å². The van der Waals surface area contributed by atoms with Gasteiger partial charge in [0.1, 0.15) is 0 Å². The number of thioether (sulfide) groups is 1. The second kappa shape index (κ2) is 8.88. The second-order valence-corrected chi connectivity index (χ2v) is 9.54. The van der Waals surface area contributed by atoms with Gasteiger partial charge in [-0.15, -0.1) is 5.10 Å². The van der Waals surface area contributed by atoms with E-state index in [2.05, 4.69) is 15.3 Å². The largest absolute Gasteiger partial charge is 0.350 e. The van der Waals surface area contributed by atoms with Crippen molar-refractivity contribution in [1.82, 2.24) is 19.1 Å². The minimum atomic E-state index is -0.169. The lowest BCUT2D eigenvalue weighted by atomic mass is 9.94. The summed E-state index contributed by atoms with van der Waals surface area (Å²) in [5, 5.41) is 7.47. The molecule has 7 nitrogen and oxygen atoms in total. The van der Waals surface area contributed by atoms with Gasteiger partial charge in [0.2, 0.25) is 5.91 Å². The Morgan fingerprint density at radius 2 is 2.00 bits per heavy atom. The number of rotatable bonds is 5. The summed E-state index contributed by atoms with van der Waals surface area (Å²) in [5.74, 6) is 2.67. The predicted molar refractivity (Wildman–Crippen MR) is 124 cm³/mol. The summed E-state index contributed by atoms with van der Waals surface area (Å²) < 4.78 is 2.98. The first-order chi connectivity index (χ1) is 15.2. The van der Waals surface area contributed by atoms with Crippen molar-refractivity contribution in [3.8, 4) is 0 Å². The summed E-state index contributed by atoms with van der Waals surface area (Å²) in [6.45, 7) is 2.39. The van der Waals surface area contributed by atoms with Crippen molar-refractivity contribution in [2.24, 2.45) is 5.92 Å². The third kappa shape index (κ3) is 4.41. The van der Waals surface area contributed by atoms with Gasteiger partial charge >= 0.3 is 5.69 Å². The van der Waals surface area contributed by atoms with E-state index < -0.39 is 0 Å². The maximum absolute atomic E-state index is 12.8. The summed E-state index contributed by atoms with van der Waals surface area (Å²) in [6, 6.07) is 13.9. The fourth-order valence-corrected chi connectivity index (χ4v) is 5.83. The van der Waals surface area contributed by atoms with E-state index >= 15 is 0 Å². The molecule has 1 amide bonds. The average Bonchev–Trinajstić information content (AvgIpc) is 3.43. The molecule has 0 spiro atoms. The molecule has 0 aliphatic carbocycles. The topological polar surface area (TPSA) is 71.6 Å². The van der Waals surface area contributed by atoms with Crippen LogP contribution in [0.5, 0.6) is 0 Å². The molecule has 2 fully saturated rings. The van der Waals surface area contributed by atoms with E-state index in [1.54, 1.807) is 6.20 Å². The first kappa shape index (κ1) is 20.3. The van der Waals surface area contributed by atoms with E-state index in [-0.39, 0.29) is 17.5 Å². The van der Waals surface area contributed by atoms with Crippen molar-refractivity contribution in [2.45, 2.75) is 31.8 Å². The highest BCUT2D eigenvalue weighted by atomic mass is 32.2. The van der Waals surface area contributed by atoms with Gasteiger partial charge in [-0.2, -0.15) is 11.8 Å². The van der Waals surface area contributed by atoms with Crippen LogP contribution < -0.4 is 11.0 Å². The monoisotopic (exact) mass is 437 g/mol. The zero-order valence-corrected chi connectivity index (χ0v) is 18.3. The third-order valence-corrected chi connectivity index (χ3v) is 7.48. The van der Waals surface area contributed by atoms with Gasteiger partial charge in [0, 0.05) is 29.6 Å². The van der Waals surface area contributed by atoms with E-state index in [1.807, 2.05) is 54.2 Å². The number of anilines is 1. The molecule has 0 saturated carbocycles. The molecule has 0 bridgehead atoms. The van der Waals surface area contributed by atoms with Crippen molar-refractivity contribution in [2.75, 3.05) is 29.9 Å². The second-order valence-electron chi connectivity index (χ2n) is 8.39. The number of nitrogens with zero attached hydrogens (tertiary/aromatic N) is 4. The molecule has 5 rings (SSSR count). The number of amides is 1. The van der Waals surface area contributed by atoms with Crippen LogP contribution in [0.2, 0.25) is 0 Å². The number of carbonyl (C=O) groups excluding carboxylic acids is 1. The number of nitrogens with one attached hydrogen (secondary N) is 1. The van der Waals surface area contributed by atoms with E-state index in [9.17, 15) is 9.59 Å². The molecule has 1 unspecified atom stereocenters. The van der Waals surface area contributed by atoms with Crippen molar-refractivity contribution < 1.29 is 4.79 Å². The highest BCUT2D eigenvalue weighted by Gasteiger charge is 2.30. The molecule has 0 radical (unpaired) electrons. The Balaban J connectivity index is 1.21. The first-order valence-electron chi connectivity index (χ1n) is 10.9. The summed E-state index contributed by atoms with van der Waals surface area (Å²) >= 11 is 2.04. The van der Waals surface area contributed by atoms with Crippen LogP contribution in [-0.2, 0) is 11.3 Å². The summed E-state index contributed by atoms with van der Waals surface area (Å²) in [5.41, 5.74) is 2.16. The molecule has 1 N–H and O–H groups in total. The first-order valence-corrected chi connectivity index (χ1v) is 12.1. The molecular formula is C23H27N5O2S. The standard InChI is InChI=1S/C23H27N5O2S/c29-22(18-7-11-26(12-8-18)20-9-13-31-16-20)24-19-5-3-4-17(14-19)15-28-23(30)27-10-2-1-6-21(27)25-28/h1-6,10,14,18,20H,7-9,11-13,15-16H2,(H,24,29). The van der Waals surface area contributed by atoms with Crippen LogP contribution in [0.25, 0.3) is 5.65 Å². The fourth-order valence-electron chi connectivity index (χ4n) is 4.57. The molecule has 2 aromatic heterocycles. The van der Waals surface area contributed by atoms with Crippen molar-refractivity contribution in [3.63, 3.8) is 0 Å². The van der Waals surface area contributed by atoms with Crippen LogP contribution in [0.4, 0.5) is 5.69 Å². The molecule has 1 atom stereocenters. The Morgan fingerprint density at radius 1 is 1.13 bits per heavy atom. The highest BCUT2D eigenvalue weighted by Crippen LogP contribution is 2.27. The molecule has 162 valence electrons. The summed E-state index contributed by atoms with van der Waals surface area (Å²) in [4.78, 5) is 27.9.